The number of carbonyl (C=O) groups is 6. The number of Topliss-reactive ketones (excluding diaryl/α,β-unsaturated/α-hetero) is 3. The number of ether oxygens (including phenoxy) is 6. The fraction of sp³-hybridized carbons (Fsp3) is 0.833. The molecule has 0 aliphatic carbocycles. The Bertz CT molecular complexity index is 1010. The third-order valence-electron chi connectivity index (χ3n) is 8.46. The molecule has 0 heterocycles. The molecule has 0 aliphatic heterocycles. The van der Waals surface area contributed by atoms with Crippen LogP contribution in [-0.4, -0.2) is 104 Å². The normalized spacial score (nSPS) is 18.5. The average Bonchev–Trinajstić information content (AvgIpc) is 3.09. The number of hydrogen-bond acceptors (Lipinski definition) is 15. The monoisotopic (exact) mass is 762 g/mol. The Kier molecular flexibility index (Phi) is 21.8. The van der Waals surface area contributed by atoms with Crippen molar-refractivity contribution in [3.8, 4) is 0 Å². The number of hydrogen-bond donors (Lipinski definition) is 0. The van der Waals surface area contributed by atoms with E-state index >= 15 is 0 Å². The maximum Gasteiger partial charge on any atom is 1.20 e. The summed E-state index contributed by atoms with van der Waals surface area (Å²) in [5.41, 5.74) is 0. The van der Waals surface area contributed by atoms with Gasteiger partial charge in [-0.2, -0.15) is 0 Å². The minimum absolute atomic E-state index is 0.346. The zero-order chi connectivity index (χ0) is 40.6. The van der Waals surface area contributed by atoms with E-state index in [1.54, 1.807) is 83.1 Å². The van der Waals surface area contributed by atoms with Crippen molar-refractivity contribution in [2.45, 2.75) is 196 Å². The molecule has 0 spiro atoms. The van der Waals surface area contributed by atoms with E-state index in [0.29, 0.717) is 38.5 Å². The third-order valence-corrected chi connectivity index (χ3v) is 9.68. The molecule has 0 bridgehead atoms. The molecule has 0 radical (unpaired) electrons. The molecule has 0 amide bonds. The molecule has 300 valence electrons. The van der Waals surface area contributed by atoms with Crippen molar-refractivity contribution in [1.82, 2.24) is 0 Å². The lowest BCUT2D eigenvalue weighted by Gasteiger charge is -2.36. The quantitative estimate of drug-likeness (QED) is 0.0592. The highest BCUT2D eigenvalue weighted by molar-refractivity contribution is 6.46. The number of carbonyl (C=O) groups excluding carboxylic acids is 6. The van der Waals surface area contributed by atoms with Gasteiger partial charge in [-0.1, -0.05) is 41.5 Å². The van der Waals surface area contributed by atoms with Crippen LogP contribution in [0.2, 0.25) is 0 Å². The molecule has 0 saturated heterocycles. The van der Waals surface area contributed by atoms with Crippen molar-refractivity contribution in [3.63, 3.8) is 0 Å². The molecule has 0 N–H and O–H groups in total. The Hall–Kier alpha value is -2.29. The molecule has 16 heteroatoms. The molecule has 0 aliphatic rings. The van der Waals surface area contributed by atoms with Gasteiger partial charge >= 0.3 is 50.4 Å². The highest BCUT2D eigenvalue weighted by atomic mass is 27.3. The van der Waals surface area contributed by atoms with Gasteiger partial charge in [-0.25, -0.2) is 14.4 Å². The Morgan fingerprint density at radius 1 is 0.385 bits per heavy atom. The van der Waals surface area contributed by atoms with E-state index in [9.17, 15) is 28.8 Å². The standard InChI is InChI=1S/3C12H22O5.Al/c3*1-6-8(3)16-12(10(5)13,11(14)15)17-9(4)7-2;/h3*8-9H,6-7H2,1-5H3,(H,14,15);/q;;;+3/p-3. The molecular weight excluding hydrogens is 699 g/mol. The van der Waals surface area contributed by atoms with Crippen molar-refractivity contribution < 1.29 is 68.6 Å². The first kappa shape index (κ1) is 49.7. The van der Waals surface area contributed by atoms with Crippen LogP contribution in [0.15, 0.2) is 0 Å². The summed E-state index contributed by atoms with van der Waals surface area (Å²) in [6.45, 7) is 23.2. The lowest BCUT2D eigenvalue weighted by Crippen LogP contribution is -2.60. The van der Waals surface area contributed by atoms with Crippen molar-refractivity contribution in [1.29, 1.82) is 0 Å². The van der Waals surface area contributed by atoms with E-state index in [2.05, 4.69) is 0 Å². The Morgan fingerprint density at radius 2 is 0.538 bits per heavy atom. The molecule has 0 fully saturated rings. The van der Waals surface area contributed by atoms with Gasteiger partial charge in [0.15, 0.2) is 0 Å². The zero-order valence-electron chi connectivity index (χ0n) is 33.9. The summed E-state index contributed by atoms with van der Waals surface area (Å²) in [7, 11) is 0. The fourth-order valence-corrected chi connectivity index (χ4v) is 5.20. The molecule has 52 heavy (non-hydrogen) atoms. The molecule has 0 rings (SSSR count). The summed E-state index contributed by atoms with van der Waals surface area (Å²) in [6, 6.07) is 0. The first-order valence-corrected chi connectivity index (χ1v) is 19.8. The predicted molar refractivity (Wildman–Crippen MR) is 189 cm³/mol. The molecule has 6 unspecified atom stereocenters. The highest BCUT2D eigenvalue weighted by Crippen LogP contribution is 2.29. The van der Waals surface area contributed by atoms with Crippen LogP contribution in [0.3, 0.4) is 0 Å². The van der Waals surface area contributed by atoms with Gasteiger partial charge in [-0.15, -0.1) is 0 Å². The van der Waals surface area contributed by atoms with E-state index in [1.165, 1.54) is 0 Å². The van der Waals surface area contributed by atoms with Gasteiger partial charge in [0, 0.05) is 20.8 Å². The summed E-state index contributed by atoms with van der Waals surface area (Å²) < 4.78 is 51.9. The summed E-state index contributed by atoms with van der Waals surface area (Å²) in [6.07, 6.45) is -2.24. The Labute approximate surface area is 314 Å². The first-order chi connectivity index (χ1) is 24.1. The lowest BCUT2D eigenvalue weighted by atomic mass is 10.1. The third kappa shape index (κ3) is 13.5. The van der Waals surface area contributed by atoms with Gasteiger partial charge < -0.3 is 39.8 Å². The minimum atomic E-state index is -4.64. The maximum atomic E-state index is 14.1. The van der Waals surface area contributed by atoms with Crippen molar-refractivity contribution >= 4 is 50.4 Å². The van der Waals surface area contributed by atoms with E-state index in [0.717, 1.165) is 20.8 Å². The van der Waals surface area contributed by atoms with Gasteiger partial charge in [0.05, 0.1) is 36.6 Å². The van der Waals surface area contributed by atoms with Crippen LogP contribution in [0.4, 0.5) is 0 Å². The van der Waals surface area contributed by atoms with E-state index in [1.807, 2.05) is 0 Å². The van der Waals surface area contributed by atoms with Gasteiger partial charge in [-0.3, -0.25) is 14.4 Å². The lowest BCUT2D eigenvalue weighted by molar-refractivity contribution is -0.265. The van der Waals surface area contributed by atoms with E-state index in [-0.39, 0.29) is 0 Å². The second-order valence-corrected chi connectivity index (χ2v) is 14.3. The molecule has 0 aromatic rings. The van der Waals surface area contributed by atoms with Gasteiger partial charge in [-0.05, 0) is 80.1 Å². The maximum absolute atomic E-state index is 14.1. The van der Waals surface area contributed by atoms with Gasteiger partial charge in [0.2, 0.25) is 17.3 Å². The Balaban J connectivity index is 7.62. The average molecular weight is 763 g/mol. The largest absolute Gasteiger partial charge is 1.20 e. The topological polar surface area (TPSA) is 185 Å². The SMILES string of the molecule is CCC(C)OC(OC(C)CC)(C(C)=O)C(=O)[O][Al]([O]C(=O)C(OC(C)CC)(OC(C)CC)C(C)=O)[O]C(=O)C(OC(C)CC)(OC(C)CC)C(C)=O. The van der Waals surface area contributed by atoms with Crippen LogP contribution in [-0.2, 0) is 68.6 Å². The molecule has 6 atom stereocenters. The molecular formula is C36H63AlO15. The van der Waals surface area contributed by atoms with Crippen molar-refractivity contribution in [2.24, 2.45) is 0 Å². The number of rotatable bonds is 27. The summed E-state index contributed by atoms with van der Waals surface area (Å²) >= 11 is -4.64. The van der Waals surface area contributed by atoms with Crippen molar-refractivity contribution in [3.05, 3.63) is 0 Å². The molecule has 15 nitrogen and oxygen atoms in total. The first-order valence-electron chi connectivity index (χ1n) is 18.3. The van der Waals surface area contributed by atoms with Crippen LogP contribution < -0.4 is 0 Å². The van der Waals surface area contributed by atoms with Crippen molar-refractivity contribution in [2.75, 3.05) is 0 Å². The minimum Gasteiger partial charge on any atom is -0.546 e. The Morgan fingerprint density at radius 3 is 0.654 bits per heavy atom. The van der Waals surface area contributed by atoms with Crippen LogP contribution in [0.5, 0.6) is 0 Å². The van der Waals surface area contributed by atoms with Crippen LogP contribution in [0.1, 0.15) is 142 Å². The predicted octanol–water partition coefficient (Wildman–Crippen LogP) is 5.35. The van der Waals surface area contributed by atoms with E-state index in [4.69, 9.17) is 39.8 Å². The smallest absolute Gasteiger partial charge is 0.546 e. The summed E-state index contributed by atoms with van der Waals surface area (Å²) in [5, 5.41) is 0. The fourth-order valence-electron chi connectivity index (χ4n) is 4.07. The van der Waals surface area contributed by atoms with Crippen LogP contribution in [0.25, 0.3) is 0 Å². The summed E-state index contributed by atoms with van der Waals surface area (Å²) in [4.78, 5) is 82.1. The number of ketones is 3. The summed E-state index contributed by atoms with van der Waals surface area (Å²) in [5.74, 6) is -15.3. The van der Waals surface area contributed by atoms with E-state index < -0.39 is 104 Å². The van der Waals surface area contributed by atoms with Crippen LogP contribution >= 0.6 is 0 Å². The van der Waals surface area contributed by atoms with Gasteiger partial charge in [0.1, 0.15) is 0 Å². The molecule has 0 saturated carbocycles. The zero-order valence-corrected chi connectivity index (χ0v) is 35.1. The molecule has 0 aromatic heterocycles. The molecule has 0 aromatic carbocycles. The highest BCUT2D eigenvalue weighted by Gasteiger charge is 2.63. The van der Waals surface area contributed by atoms with Gasteiger partial charge in [0.25, 0.3) is 0 Å². The van der Waals surface area contributed by atoms with Crippen LogP contribution in [0, 0.1) is 0 Å². The second-order valence-electron chi connectivity index (χ2n) is 13.0. The second kappa shape index (κ2) is 22.8.